The van der Waals surface area contributed by atoms with E-state index in [2.05, 4.69) is 33.8 Å². The van der Waals surface area contributed by atoms with E-state index < -0.39 is 0 Å². The minimum absolute atomic E-state index is 0.120. The number of carbonyl (C=O) groups is 1. The first-order valence-corrected chi connectivity index (χ1v) is 11.5. The minimum atomic E-state index is -0.167. The quantitative estimate of drug-likeness (QED) is 0.420. The zero-order valence-electron chi connectivity index (χ0n) is 19.8. The maximum absolute atomic E-state index is 12.4. The number of rotatable bonds is 5. The standard InChI is InChI=1S/C26H26N8O/c1-4-18(2)26(35)33-9-7-32(8-10-33)24-6-5-19(13-28-24)23-11-20(22-15-29-31(3)16-22)17-34-25(23)21(12-27)14-30-34/h4-6,11,13-18H,1,7-10H2,2-3H3. The molecule has 0 saturated carbocycles. The van der Waals surface area contributed by atoms with Gasteiger partial charge in [-0.3, -0.25) is 9.48 Å². The van der Waals surface area contributed by atoms with Gasteiger partial charge >= 0.3 is 0 Å². The second kappa shape index (κ2) is 9.06. The number of fused-ring (bicyclic) bond motifs is 1. The third-order valence-electron chi connectivity index (χ3n) is 6.49. The first-order chi connectivity index (χ1) is 17.0. The summed E-state index contributed by atoms with van der Waals surface area (Å²) in [5, 5.41) is 18.3. The van der Waals surface area contributed by atoms with E-state index in [1.807, 2.05) is 49.6 Å². The van der Waals surface area contributed by atoms with Crippen LogP contribution in [0.25, 0.3) is 27.8 Å². The second-order valence-corrected chi connectivity index (χ2v) is 8.75. The van der Waals surface area contributed by atoms with Crippen molar-refractivity contribution in [3.63, 3.8) is 0 Å². The molecule has 9 heteroatoms. The van der Waals surface area contributed by atoms with Gasteiger partial charge in [-0.1, -0.05) is 13.0 Å². The van der Waals surface area contributed by atoms with Crippen LogP contribution in [0.2, 0.25) is 0 Å². The topological polar surface area (TPSA) is 95.4 Å². The van der Waals surface area contributed by atoms with Crippen molar-refractivity contribution in [3.8, 4) is 28.3 Å². The van der Waals surface area contributed by atoms with Crippen molar-refractivity contribution < 1.29 is 4.79 Å². The lowest BCUT2D eigenvalue weighted by Crippen LogP contribution is -2.50. The Hall–Kier alpha value is -4.45. The van der Waals surface area contributed by atoms with Crippen LogP contribution in [0.4, 0.5) is 5.82 Å². The Balaban J connectivity index is 1.43. The molecule has 1 aliphatic rings. The predicted molar refractivity (Wildman–Crippen MR) is 133 cm³/mol. The lowest BCUT2D eigenvalue weighted by atomic mass is 10.0. The third-order valence-corrected chi connectivity index (χ3v) is 6.49. The van der Waals surface area contributed by atoms with Crippen LogP contribution in [0.1, 0.15) is 12.5 Å². The van der Waals surface area contributed by atoms with Gasteiger partial charge in [0, 0.05) is 74.1 Å². The smallest absolute Gasteiger partial charge is 0.229 e. The maximum atomic E-state index is 12.4. The number of piperazine rings is 1. The van der Waals surface area contributed by atoms with Crippen LogP contribution < -0.4 is 4.90 Å². The zero-order valence-corrected chi connectivity index (χ0v) is 19.8. The van der Waals surface area contributed by atoms with Crippen LogP contribution in [0.3, 0.4) is 0 Å². The van der Waals surface area contributed by atoms with Crippen molar-refractivity contribution in [2.75, 3.05) is 31.1 Å². The molecule has 0 aliphatic carbocycles. The highest BCUT2D eigenvalue weighted by Gasteiger charge is 2.24. The van der Waals surface area contributed by atoms with E-state index in [-0.39, 0.29) is 11.8 Å². The monoisotopic (exact) mass is 466 g/mol. The van der Waals surface area contributed by atoms with Gasteiger partial charge in [0.25, 0.3) is 0 Å². The Morgan fingerprint density at radius 2 is 1.89 bits per heavy atom. The molecule has 9 nitrogen and oxygen atoms in total. The summed E-state index contributed by atoms with van der Waals surface area (Å²) in [6, 6.07) is 8.32. The fourth-order valence-corrected chi connectivity index (χ4v) is 4.43. The lowest BCUT2D eigenvalue weighted by Gasteiger charge is -2.36. The van der Waals surface area contributed by atoms with Crippen molar-refractivity contribution in [3.05, 3.63) is 67.4 Å². The van der Waals surface area contributed by atoms with Crippen LogP contribution in [-0.2, 0) is 11.8 Å². The van der Waals surface area contributed by atoms with E-state index >= 15 is 0 Å². The molecule has 5 rings (SSSR count). The normalized spacial score (nSPS) is 14.7. The van der Waals surface area contributed by atoms with Gasteiger partial charge in [-0.25, -0.2) is 9.50 Å². The van der Waals surface area contributed by atoms with Crippen LogP contribution in [0, 0.1) is 17.2 Å². The molecule has 1 unspecified atom stereocenters. The molecule has 0 bridgehead atoms. The number of aryl methyl sites for hydroxylation is 1. The number of carbonyl (C=O) groups excluding carboxylic acids is 1. The van der Waals surface area contributed by atoms with Crippen molar-refractivity contribution in [1.29, 1.82) is 5.26 Å². The first-order valence-electron chi connectivity index (χ1n) is 11.5. The molecule has 176 valence electrons. The molecule has 35 heavy (non-hydrogen) atoms. The number of hydrogen-bond donors (Lipinski definition) is 0. The van der Waals surface area contributed by atoms with Gasteiger partial charge in [-0.2, -0.15) is 15.5 Å². The van der Waals surface area contributed by atoms with E-state index in [1.54, 1.807) is 27.7 Å². The molecule has 1 aliphatic heterocycles. The molecule has 1 amide bonds. The molecule has 4 aromatic rings. The van der Waals surface area contributed by atoms with Gasteiger partial charge in [0.05, 0.1) is 29.4 Å². The average Bonchev–Trinajstić information content (AvgIpc) is 3.53. The number of hydrogen-bond acceptors (Lipinski definition) is 6. The average molecular weight is 467 g/mol. The number of nitrogens with zero attached hydrogens (tertiary/aromatic N) is 8. The molecule has 1 atom stereocenters. The summed E-state index contributed by atoms with van der Waals surface area (Å²) < 4.78 is 3.50. The van der Waals surface area contributed by atoms with E-state index in [0.29, 0.717) is 18.7 Å². The van der Waals surface area contributed by atoms with Crippen LogP contribution in [-0.4, -0.2) is 61.4 Å². The molecule has 1 fully saturated rings. The Labute approximate surface area is 203 Å². The van der Waals surface area contributed by atoms with Crippen LogP contribution in [0.15, 0.2) is 61.8 Å². The summed E-state index contributed by atoms with van der Waals surface area (Å²) in [5.74, 6) is 0.820. The summed E-state index contributed by atoms with van der Waals surface area (Å²) in [6.45, 7) is 8.38. The minimum Gasteiger partial charge on any atom is -0.353 e. The molecular weight excluding hydrogens is 440 g/mol. The molecule has 1 saturated heterocycles. The Kier molecular flexibility index (Phi) is 5.79. The zero-order chi connectivity index (χ0) is 24.5. The largest absolute Gasteiger partial charge is 0.353 e. The Morgan fingerprint density at radius 1 is 1.09 bits per heavy atom. The van der Waals surface area contributed by atoms with Gasteiger partial charge < -0.3 is 9.80 Å². The first kappa shape index (κ1) is 22.3. The highest BCUT2D eigenvalue weighted by Crippen LogP contribution is 2.32. The van der Waals surface area contributed by atoms with Crippen molar-refractivity contribution in [2.24, 2.45) is 13.0 Å². The lowest BCUT2D eigenvalue weighted by molar-refractivity contribution is -0.133. The van der Waals surface area contributed by atoms with Gasteiger partial charge in [-0.15, -0.1) is 6.58 Å². The van der Waals surface area contributed by atoms with E-state index in [0.717, 1.165) is 46.7 Å². The van der Waals surface area contributed by atoms with E-state index in [1.165, 1.54) is 0 Å². The maximum Gasteiger partial charge on any atom is 0.229 e. The SMILES string of the molecule is C=CC(C)C(=O)N1CCN(c2ccc(-c3cc(-c4cnn(C)c4)cn4ncc(C#N)c34)cn2)CC1. The fraction of sp³-hybridized carbons (Fsp3) is 0.269. The number of amides is 1. The summed E-state index contributed by atoms with van der Waals surface area (Å²) in [6.07, 6.45) is 10.8. The highest BCUT2D eigenvalue weighted by molar-refractivity contribution is 5.87. The molecule has 0 radical (unpaired) electrons. The summed E-state index contributed by atoms with van der Waals surface area (Å²) >= 11 is 0. The molecule has 0 spiro atoms. The molecular formula is C26H26N8O. The molecule has 4 aromatic heterocycles. The highest BCUT2D eigenvalue weighted by atomic mass is 16.2. The van der Waals surface area contributed by atoms with Crippen LogP contribution in [0.5, 0.6) is 0 Å². The second-order valence-electron chi connectivity index (χ2n) is 8.75. The number of nitriles is 1. The Bertz CT molecular complexity index is 1430. The summed E-state index contributed by atoms with van der Waals surface area (Å²) in [5.41, 5.74) is 4.96. The summed E-state index contributed by atoms with van der Waals surface area (Å²) in [7, 11) is 1.88. The van der Waals surface area contributed by atoms with Gasteiger partial charge in [0.15, 0.2) is 0 Å². The molecule has 5 heterocycles. The fourth-order valence-electron chi connectivity index (χ4n) is 4.43. The predicted octanol–water partition coefficient (Wildman–Crippen LogP) is 3.14. The van der Waals surface area contributed by atoms with Gasteiger partial charge in [0.2, 0.25) is 5.91 Å². The molecule has 0 N–H and O–H groups in total. The summed E-state index contributed by atoms with van der Waals surface area (Å²) in [4.78, 5) is 21.2. The number of pyridine rings is 2. The Morgan fingerprint density at radius 3 is 2.51 bits per heavy atom. The number of aromatic nitrogens is 5. The van der Waals surface area contributed by atoms with E-state index in [4.69, 9.17) is 4.98 Å². The van der Waals surface area contributed by atoms with Gasteiger partial charge in [0.1, 0.15) is 11.9 Å². The van der Waals surface area contributed by atoms with Crippen molar-refractivity contribution in [2.45, 2.75) is 6.92 Å². The van der Waals surface area contributed by atoms with Crippen molar-refractivity contribution >= 4 is 17.2 Å². The number of anilines is 1. The third kappa shape index (κ3) is 4.15. The van der Waals surface area contributed by atoms with Gasteiger partial charge in [-0.05, 0) is 18.2 Å². The van der Waals surface area contributed by atoms with Crippen LogP contribution >= 0.6 is 0 Å². The molecule has 0 aromatic carbocycles. The van der Waals surface area contributed by atoms with Crippen molar-refractivity contribution in [1.82, 2.24) is 29.3 Å². The van der Waals surface area contributed by atoms with E-state index in [9.17, 15) is 10.1 Å².